The molecule has 1 unspecified atom stereocenters. The van der Waals surface area contributed by atoms with Crippen LogP contribution in [0.15, 0.2) is 16.5 Å². The van der Waals surface area contributed by atoms with Crippen LogP contribution in [-0.4, -0.2) is 32.2 Å². The summed E-state index contributed by atoms with van der Waals surface area (Å²) in [5.74, 6) is 3.05. The van der Waals surface area contributed by atoms with Crippen LogP contribution in [0, 0.1) is 0 Å². The number of rotatable bonds is 6. The molecule has 0 saturated carbocycles. The van der Waals surface area contributed by atoms with Gasteiger partial charge in [-0.3, -0.25) is 0 Å². The minimum atomic E-state index is -2.84. The van der Waals surface area contributed by atoms with E-state index < -0.39 is 9.84 Å². The van der Waals surface area contributed by atoms with Crippen molar-refractivity contribution in [3.8, 4) is 0 Å². The van der Waals surface area contributed by atoms with Crippen LogP contribution >= 0.6 is 11.8 Å². The molecule has 1 aromatic rings. The van der Waals surface area contributed by atoms with Crippen molar-refractivity contribution in [2.24, 2.45) is 0 Å². The van der Waals surface area contributed by atoms with E-state index in [-0.39, 0.29) is 5.25 Å². The first-order chi connectivity index (χ1) is 8.62. The molecule has 0 bridgehead atoms. The second kappa shape index (κ2) is 6.12. The van der Waals surface area contributed by atoms with E-state index in [1.165, 1.54) is 0 Å². The topological polar surface area (TPSA) is 59.3 Å². The van der Waals surface area contributed by atoms with Crippen LogP contribution in [0.4, 0.5) is 0 Å². The second-order valence-electron chi connectivity index (χ2n) is 4.56. The van der Waals surface area contributed by atoms with Crippen molar-refractivity contribution in [3.05, 3.63) is 23.7 Å². The molecule has 1 N–H and O–H groups in total. The molecule has 2 rings (SSSR count). The zero-order valence-electron chi connectivity index (χ0n) is 10.5. The van der Waals surface area contributed by atoms with Crippen LogP contribution in [0.1, 0.15) is 24.4 Å². The highest BCUT2D eigenvalue weighted by Crippen LogP contribution is 2.19. The van der Waals surface area contributed by atoms with E-state index in [0.29, 0.717) is 18.8 Å². The monoisotopic (exact) mass is 289 g/mol. The van der Waals surface area contributed by atoms with E-state index in [4.69, 9.17) is 4.42 Å². The maximum absolute atomic E-state index is 11.6. The number of hydrogen-bond donors (Lipinski definition) is 1. The zero-order valence-corrected chi connectivity index (χ0v) is 12.1. The summed E-state index contributed by atoms with van der Waals surface area (Å²) in [4.78, 5) is 0. The van der Waals surface area contributed by atoms with Gasteiger partial charge in [0, 0.05) is 6.54 Å². The van der Waals surface area contributed by atoms with Gasteiger partial charge in [-0.05, 0) is 31.2 Å². The third-order valence-corrected chi connectivity index (χ3v) is 5.99. The Hall–Kier alpha value is -0.460. The molecule has 1 atom stereocenters. The van der Waals surface area contributed by atoms with Crippen LogP contribution in [0.3, 0.4) is 0 Å². The first kappa shape index (κ1) is 14.0. The van der Waals surface area contributed by atoms with Gasteiger partial charge in [0.15, 0.2) is 9.84 Å². The van der Waals surface area contributed by atoms with Crippen LogP contribution in [-0.2, 0) is 22.1 Å². The fraction of sp³-hybridized carbons (Fsp3) is 0.667. The van der Waals surface area contributed by atoms with Crippen LogP contribution in [0.5, 0.6) is 0 Å². The molecule has 1 saturated heterocycles. The summed E-state index contributed by atoms with van der Waals surface area (Å²) in [5, 5.41) is 2.96. The SMILES string of the molecule is CSCc1ccc(CNCC2CCCS2(=O)=O)o1. The highest BCUT2D eigenvalue weighted by Gasteiger charge is 2.30. The Morgan fingerprint density at radius 1 is 1.44 bits per heavy atom. The summed E-state index contributed by atoms with van der Waals surface area (Å²) in [7, 11) is -2.84. The van der Waals surface area contributed by atoms with Crippen molar-refractivity contribution in [2.45, 2.75) is 30.4 Å². The van der Waals surface area contributed by atoms with Crippen molar-refractivity contribution in [3.63, 3.8) is 0 Å². The molecule has 18 heavy (non-hydrogen) atoms. The van der Waals surface area contributed by atoms with Crippen molar-refractivity contribution >= 4 is 21.6 Å². The highest BCUT2D eigenvalue weighted by atomic mass is 32.2. The highest BCUT2D eigenvalue weighted by molar-refractivity contribution is 7.97. The summed E-state index contributed by atoms with van der Waals surface area (Å²) < 4.78 is 28.9. The summed E-state index contributed by atoms with van der Waals surface area (Å²) in [6, 6.07) is 3.92. The van der Waals surface area contributed by atoms with E-state index in [0.717, 1.165) is 30.1 Å². The number of nitrogens with one attached hydrogen (secondary N) is 1. The smallest absolute Gasteiger partial charge is 0.154 e. The van der Waals surface area contributed by atoms with Crippen LogP contribution in [0.25, 0.3) is 0 Å². The summed E-state index contributed by atoms with van der Waals surface area (Å²) in [6.07, 6.45) is 3.61. The molecule has 0 spiro atoms. The average molecular weight is 289 g/mol. The van der Waals surface area contributed by atoms with E-state index >= 15 is 0 Å². The predicted molar refractivity (Wildman–Crippen MR) is 74.4 cm³/mol. The summed E-state index contributed by atoms with van der Waals surface area (Å²) in [6.45, 7) is 1.13. The number of thioether (sulfide) groups is 1. The number of sulfone groups is 1. The lowest BCUT2D eigenvalue weighted by Crippen LogP contribution is -2.30. The molecule has 0 aliphatic carbocycles. The second-order valence-corrected chi connectivity index (χ2v) is 7.83. The predicted octanol–water partition coefficient (Wildman–Crippen LogP) is 1.81. The number of furan rings is 1. The molecule has 6 heteroatoms. The van der Waals surface area contributed by atoms with Crippen LogP contribution < -0.4 is 5.32 Å². The first-order valence-electron chi connectivity index (χ1n) is 6.10. The quantitative estimate of drug-likeness (QED) is 0.865. The molecular formula is C12H19NO3S2. The molecular weight excluding hydrogens is 270 g/mol. The van der Waals surface area contributed by atoms with Crippen molar-refractivity contribution in [1.82, 2.24) is 5.32 Å². The molecule has 0 radical (unpaired) electrons. The van der Waals surface area contributed by atoms with E-state index in [2.05, 4.69) is 5.32 Å². The maximum Gasteiger partial charge on any atom is 0.154 e. The molecule has 1 aliphatic rings. The van der Waals surface area contributed by atoms with Gasteiger partial charge in [-0.1, -0.05) is 0 Å². The fourth-order valence-corrected chi connectivity index (χ4v) is 4.42. The third-order valence-electron chi connectivity index (χ3n) is 3.14. The van der Waals surface area contributed by atoms with E-state index in [9.17, 15) is 8.42 Å². The zero-order chi connectivity index (χ0) is 13.0. The lowest BCUT2D eigenvalue weighted by molar-refractivity contribution is 0.457. The third kappa shape index (κ3) is 3.52. The van der Waals surface area contributed by atoms with Crippen molar-refractivity contribution in [1.29, 1.82) is 0 Å². The van der Waals surface area contributed by atoms with Gasteiger partial charge in [0.25, 0.3) is 0 Å². The van der Waals surface area contributed by atoms with Gasteiger partial charge in [-0.2, -0.15) is 11.8 Å². The average Bonchev–Trinajstić information content (AvgIpc) is 2.87. The Bertz CT molecular complexity index is 481. The van der Waals surface area contributed by atoms with Gasteiger partial charge in [-0.25, -0.2) is 8.42 Å². The van der Waals surface area contributed by atoms with Gasteiger partial charge in [0.2, 0.25) is 0 Å². The van der Waals surface area contributed by atoms with Crippen LogP contribution in [0.2, 0.25) is 0 Å². The Balaban J connectivity index is 1.78. The molecule has 1 fully saturated rings. The largest absolute Gasteiger partial charge is 0.464 e. The minimum Gasteiger partial charge on any atom is -0.464 e. The van der Waals surface area contributed by atoms with E-state index in [1.807, 2.05) is 18.4 Å². The van der Waals surface area contributed by atoms with Gasteiger partial charge in [-0.15, -0.1) is 0 Å². The van der Waals surface area contributed by atoms with Gasteiger partial charge >= 0.3 is 0 Å². The molecule has 2 heterocycles. The lowest BCUT2D eigenvalue weighted by atomic mass is 10.2. The molecule has 4 nitrogen and oxygen atoms in total. The van der Waals surface area contributed by atoms with Crippen molar-refractivity contribution < 1.29 is 12.8 Å². The molecule has 1 aliphatic heterocycles. The Labute approximate surface area is 112 Å². The standard InChI is InChI=1S/C12H19NO3S2/c1-17-9-11-5-4-10(16-11)7-13-8-12-3-2-6-18(12,14)15/h4-5,12-13H,2-3,6-9H2,1H3. The van der Waals surface area contributed by atoms with Crippen molar-refractivity contribution in [2.75, 3.05) is 18.6 Å². The van der Waals surface area contributed by atoms with Gasteiger partial charge in [0.05, 0.1) is 23.3 Å². The Morgan fingerprint density at radius 2 is 2.22 bits per heavy atom. The van der Waals surface area contributed by atoms with Gasteiger partial charge in [0.1, 0.15) is 11.5 Å². The normalized spacial score (nSPS) is 22.4. The molecule has 0 aromatic carbocycles. The number of hydrogen-bond acceptors (Lipinski definition) is 5. The Kier molecular flexibility index (Phi) is 4.75. The lowest BCUT2D eigenvalue weighted by Gasteiger charge is -2.09. The fourth-order valence-electron chi connectivity index (χ4n) is 2.18. The Morgan fingerprint density at radius 3 is 2.89 bits per heavy atom. The van der Waals surface area contributed by atoms with E-state index in [1.54, 1.807) is 11.8 Å². The maximum atomic E-state index is 11.6. The molecule has 1 aromatic heterocycles. The molecule has 0 amide bonds. The summed E-state index contributed by atoms with van der Waals surface area (Å²) in [5.41, 5.74) is 0. The summed E-state index contributed by atoms with van der Waals surface area (Å²) >= 11 is 1.72. The molecule has 102 valence electrons. The first-order valence-corrected chi connectivity index (χ1v) is 9.21. The van der Waals surface area contributed by atoms with Gasteiger partial charge < -0.3 is 9.73 Å². The minimum absolute atomic E-state index is 0.210.